The van der Waals surface area contributed by atoms with Gasteiger partial charge < -0.3 is 14.4 Å². The fourth-order valence-corrected chi connectivity index (χ4v) is 1.72. The van der Waals surface area contributed by atoms with Gasteiger partial charge in [0, 0.05) is 13.1 Å². The van der Waals surface area contributed by atoms with Gasteiger partial charge in [-0.2, -0.15) is 0 Å². The Balaban J connectivity index is 2.46. The van der Waals surface area contributed by atoms with Gasteiger partial charge >= 0.3 is 12.1 Å². The Kier molecular flexibility index (Phi) is 4.82. The van der Waals surface area contributed by atoms with Crippen LogP contribution in [0.1, 0.15) is 12.8 Å². The second-order valence-corrected chi connectivity index (χ2v) is 3.67. The molecule has 0 N–H and O–H groups in total. The molecular formula is C11H17NO4. The summed E-state index contributed by atoms with van der Waals surface area (Å²) in [5, 5.41) is 0. The number of rotatable bonds is 3. The Morgan fingerprint density at radius 3 is 2.94 bits per heavy atom. The van der Waals surface area contributed by atoms with Crippen LogP contribution in [0.4, 0.5) is 4.79 Å². The standard InChI is InChI=1S/C11H17NO4/c1-3-7-16-11(14)12-6-4-5-9(8-12)10(13)15-2/h3,9H,1,4-8H2,2H3/t9-/m0/s1. The van der Waals surface area contributed by atoms with Crippen LogP contribution in [0, 0.1) is 5.92 Å². The summed E-state index contributed by atoms with van der Waals surface area (Å²) in [7, 11) is 1.36. The molecule has 1 aliphatic heterocycles. The average Bonchev–Trinajstić information content (AvgIpc) is 2.35. The molecule has 90 valence electrons. The Morgan fingerprint density at radius 1 is 1.56 bits per heavy atom. The third-order valence-corrected chi connectivity index (χ3v) is 2.54. The van der Waals surface area contributed by atoms with Crippen LogP contribution in [0.15, 0.2) is 12.7 Å². The van der Waals surface area contributed by atoms with Crippen LogP contribution in [-0.4, -0.2) is 43.8 Å². The Labute approximate surface area is 95.0 Å². The number of hydrogen-bond acceptors (Lipinski definition) is 4. The average molecular weight is 227 g/mol. The van der Waals surface area contributed by atoms with E-state index in [-0.39, 0.29) is 18.5 Å². The van der Waals surface area contributed by atoms with Crippen LogP contribution >= 0.6 is 0 Å². The Bertz CT molecular complexity index is 277. The summed E-state index contributed by atoms with van der Waals surface area (Å²) in [6.07, 6.45) is 2.68. The lowest BCUT2D eigenvalue weighted by atomic mass is 9.99. The van der Waals surface area contributed by atoms with Crippen molar-refractivity contribution in [1.29, 1.82) is 0 Å². The monoisotopic (exact) mass is 227 g/mol. The topological polar surface area (TPSA) is 55.8 Å². The third kappa shape index (κ3) is 3.25. The van der Waals surface area contributed by atoms with E-state index in [9.17, 15) is 9.59 Å². The number of methoxy groups -OCH3 is 1. The molecular weight excluding hydrogens is 210 g/mol. The first kappa shape index (κ1) is 12.5. The van der Waals surface area contributed by atoms with Gasteiger partial charge in [-0.15, -0.1) is 0 Å². The van der Waals surface area contributed by atoms with Crippen LogP contribution in [0.25, 0.3) is 0 Å². The Hall–Kier alpha value is -1.52. The zero-order chi connectivity index (χ0) is 12.0. The van der Waals surface area contributed by atoms with Crippen molar-refractivity contribution < 1.29 is 19.1 Å². The lowest BCUT2D eigenvalue weighted by molar-refractivity contribution is -0.147. The van der Waals surface area contributed by atoms with E-state index in [0.717, 1.165) is 12.8 Å². The van der Waals surface area contributed by atoms with Gasteiger partial charge in [0.1, 0.15) is 6.61 Å². The molecule has 0 spiro atoms. The molecule has 0 aromatic heterocycles. The van der Waals surface area contributed by atoms with E-state index in [4.69, 9.17) is 4.74 Å². The molecule has 0 radical (unpaired) electrons. The van der Waals surface area contributed by atoms with E-state index in [1.54, 1.807) is 0 Å². The van der Waals surface area contributed by atoms with Crippen molar-refractivity contribution in [3.63, 3.8) is 0 Å². The Morgan fingerprint density at radius 2 is 2.31 bits per heavy atom. The number of carbonyl (C=O) groups excluding carboxylic acids is 2. The highest BCUT2D eigenvalue weighted by Crippen LogP contribution is 2.18. The predicted octanol–water partition coefficient (Wildman–Crippen LogP) is 1.19. The largest absolute Gasteiger partial charge is 0.469 e. The number of amides is 1. The van der Waals surface area contributed by atoms with Gasteiger partial charge in [0.2, 0.25) is 0 Å². The number of carbonyl (C=O) groups is 2. The van der Waals surface area contributed by atoms with Crippen LogP contribution in [0.3, 0.4) is 0 Å². The second kappa shape index (κ2) is 6.15. The maximum atomic E-state index is 11.5. The molecule has 1 fully saturated rings. The van der Waals surface area contributed by atoms with Crippen molar-refractivity contribution in [2.75, 3.05) is 26.8 Å². The maximum Gasteiger partial charge on any atom is 0.410 e. The first-order chi connectivity index (χ1) is 7.69. The van der Waals surface area contributed by atoms with Gasteiger partial charge in [0.15, 0.2) is 0 Å². The van der Waals surface area contributed by atoms with E-state index in [1.165, 1.54) is 18.1 Å². The van der Waals surface area contributed by atoms with Crippen molar-refractivity contribution >= 4 is 12.1 Å². The lowest BCUT2D eigenvalue weighted by Gasteiger charge is -2.30. The fourth-order valence-electron chi connectivity index (χ4n) is 1.72. The summed E-state index contributed by atoms with van der Waals surface area (Å²) in [5.74, 6) is -0.490. The minimum Gasteiger partial charge on any atom is -0.469 e. The van der Waals surface area contributed by atoms with Gasteiger partial charge in [-0.3, -0.25) is 4.79 Å². The van der Waals surface area contributed by atoms with Crippen LogP contribution in [-0.2, 0) is 14.3 Å². The molecule has 0 unspecified atom stereocenters. The second-order valence-electron chi connectivity index (χ2n) is 3.67. The molecule has 0 saturated carbocycles. The zero-order valence-corrected chi connectivity index (χ0v) is 9.48. The van der Waals surface area contributed by atoms with Crippen LogP contribution < -0.4 is 0 Å². The summed E-state index contributed by atoms with van der Waals surface area (Å²) in [6.45, 7) is 4.66. The number of nitrogens with zero attached hydrogens (tertiary/aromatic N) is 1. The maximum absolute atomic E-state index is 11.5. The number of esters is 1. The van der Waals surface area contributed by atoms with Crippen LogP contribution in [0.5, 0.6) is 0 Å². The van der Waals surface area contributed by atoms with E-state index >= 15 is 0 Å². The molecule has 1 aliphatic rings. The minimum atomic E-state index is -0.395. The molecule has 16 heavy (non-hydrogen) atoms. The van der Waals surface area contributed by atoms with E-state index in [2.05, 4.69) is 11.3 Å². The highest BCUT2D eigenvalue weighted by atomic mass is 16.6. The zero-order valence-electron chi connectivity index (χ0n) is 9.48. The van der Waals surface area contributed by atoms with Gasteiger partial charge in [0.25, 0.3) is 0 Å². The quantitative estimate of drug-likeness (QED) is 0.537. The third-order valence-electron chi connectivity index (χ3n) is 2.54. The molecule has 0 aromatic carbocycles. The lowest BCUT2D eigenvalue weighted by Crippen LogP contribution is -2.42. The number of ether oxygens (including phenoxy) is 2. The van der Waals surface area contributed by atoms with Gasteiger partial charge in [-0.1, -0.05) is 12.7 Å². The van der Waals surface area contributed by atoms with Crippen LogP contribution in [0.2, 0.25) is 0 Å². The molecule has 0 bridgehead atoms. The molecule has 1 rings (SSSR count). The normalized spacial score (nSPS) is 20.1. The summed E-state index contributed by atoms with van der Waals surface area (Å²) in [5.41, 5.74) is 0. The highest BCUT2D eigenvalue weighted by molar-refractivity contribution is 5.74. The summed E-state index contributed by atoms with van der Waals surface area (Å²) in [4.78, 5) is 24.4. The highest BCUT2D eigenvalue weighted by Gasteiger charge is 2.29. The molecule has 5 nitrogen and oxygen atoms in total. The fraction of sp³-hybridized carbons (Fsp3) is 0.636. The summed E-state index contributed by atoms with van der Waals surface area (Å²) < 4.78 is 9.57. The van der Waals surface area contributed by atoms with E-state index < -0.39 is 6.09 Å². The molecule has 0 aromatic rings. The van der Waals surface area contributed by atoms with Gasteiger partial charge in [-0.25, -0.2) is 4.79 Å². The molecule has 1 atom stereocenters. The van der Waals surface area contributed by atoms with Crippen molar-refractivity contribution in [3.05, 3.63) is 12.7 Å². The van der Waals surface area contributed by atoms with Crippen molar-refractivity contribution in [2.45, 2.75) is 12.8 Å². The SMILES string of the molecule is C=CCOC(=O)N1CCC[C@H](C(=O)OC)C1. The molecule has 1 amide bonds. The van der Waals surface area contributed by atoms with Crippen molar-refractivity contribution in [2.24, 2.45) is 5.92 Å². The van der Waals surface area contributed by atoms with Gasteiger partial charge in [-0.05, 0) is 12.8 Å². The minimum absolute atomic E-state index is 0.193. The first-order valence-electron chi connectivity index (χ1n) is 5.29. The smallest absolute Gasteiger partial charge is 0.410 e. The van der Waals surface area contributed by atoms with E-state index in [1.807, 2.05) is 0 Å². The summed E-state index contributed by atoms with van der Waals surface area (Å²) >= 11 is 0. The molecule has 5 heteroatoms. The van der Waals surface area contributed by atoms with Crippen molar-refractivity contribution in [1.82, 2.24) is 4.90 Å². The number of hydrogen-bond donors (Lipinski definition) is 0. The summed E-state index contributed by atoms with van der Waals surface area (Å²) in [6, 6.07) is 0. The number of likely N-dealkylation sites (tertiary alicyclic amines) is 1. The predicted molar refractivity (Wildman–Crippen MR) is 57.9 cm³/mol. The van der Waals surface area contributed by atoms with Gasteiger partial charge in [0.05, 0.1) is 13.0 Å². The van der Waals surface area contributed by atoms with E-state index in [0.29, 0.717) is 13.1 Å². The molecule has 1 saturated heterocycles. The van der Waals surface area contributed by atoms with Crippen molar-refractivity contribution in [3.8, 4) is 0 Å². The molecule has 1 heterocycles. The molecule has 0 aliphatic carbocycles. The number of piperidine rings is 1. The first-order valence-corrected chi connectivity index (χ1v) is 5.29.